The number of hydrogen-bond acceptors (Lipinski definition) is 3. The number of carbonyl (C=O) groups is 2. The molecule has 0 bridgehead atoms. The number of thiophene rings is 1. The zero-order valence-corrected chi connectivity index (χ0v) is 19.7. The number of rotatable bonds is 5. The lowest BCUT2D eigenvalue weighted by molar-refractivity contribution is -0.137. The number of fused-ring (bicyclic) bond motifs is 2. The molecule has 4 nitrogen and oxygen atoms in total. The van der Waals surface area contributed by atoms with Crippen LogP contribution in [0.5, 0.6) is 0 Å². The number of urea groups is 1. The summed E-state index contributed by atoms with van der Waals surface area (Å²) >= 11 is 5.21. The van der Waals surface area contributed by atoms with Crippen LogP contribution in [0.4, 0.5) is 4.79 Å². The third kappa shape index (κ3) is 2.82. The second kappa shape index (κ2) is 7.24. The molecular formula is C23H27BrN2O2S. The Kier molecular flexibility index (Phi) is 5.14. The minimum atomic E-state index is -0.973. The van der Waals surface area contributed by atoms with Crippen LogP contribution in [-0.4, -0.2) is 22.9 Å². The molecule has 6 heteroatoms. The van der Waals surface area contributed by atoms with Gasteiger partial charge in [0.2, 0.25) is 0 Å². The maximum absolute atomic E-state index is 13.9. The zero-order valence-electron chi connectivity index (χ0n) is 17.3. The molecule has 1 aliphatic carbocycles. The minimum Gasteiger partial charge on any atom is -0.319 e. The van der Waals surface area contributed by atoms with Crippen molar-refractivity contribution in [2.75, 3.05) is 0 Å². The number of carbonyl (C=O) groups excluding carboxylic acids is 2. The largest absolute Gasteiger partial charge is 0.325 e. The van der Waals surface area contributed by atoms with Gasteiger partial charge in [0.25, 0.3) is 5.91 Å². The van der Waals surface area contributed by atoms with Gasteiger partial charge in [-0.3, -0.25) is 9.69 Å². The summed E-state index contributed by atoms with van der Waals surface area (Å²) in [7, 11) is 0. The van der Waals surface area contributed by atoms with Gasteiger partial charge in [-0.1, -0.05) is 32.4 Å². The van der Waals surface area contributed by atoms with E-state index in [1.807, 2.05) is 13.8 Å². The van der Waals surface area contributed by atoms with E-state index in [9.17, 15) is 9.59 Å². The Bertz CT molecular complexity index is 985. The first-order valence-corrected chi connectivity index (χ1v) is 12.0. The van der Waals surface area contributed by atoms with E-state index in [-0.39, 0.29) is 23.4 Å². The van der Waals surface area contributed by atoms with E-state index in [4.69, 9.17) is 0 Å². The van der Waals surface area contributed by atoms with Gasteiger partial charge in [0.1, 0.15) is 0 Å². The molecule has 154 valence electrons. The summed E-state index contributed by atoms with van der Waals surface area (Å²) in [5.74, 6) is -0.0870. The first-order valence-electron chi connectivity index (χ1n) is 10.3. The van der Waals surface area contributed by atoms with Gasteiger partial charge in [-0.25, -0.2) is 4.79 Å². The number of nitrogens with one attached hydrogen (secondary N) is 1. The van der Waals surface area contributed by atoms with Crippen molar-refractivity contribution in [3.05, 3.63) is 45.2 Å². The molecule has 1 fully saturated rings. The third-order valence-electron chi connectivity index (χ3n) is 6.66. The van der Waals surface area contributed by atoms with Crippen molar-refractivity contribution in [2.45, 2.75) is 65.0 Å². The van der Waals surface area contributed by atoms with Gasteiger partial charge >= 0.3 is 6.03 Å². The van der Waals surface area contributed by atoms with Crippen molar-refractivity contribution in [1.82, 2.24) is 10.2 Å². The van der Waals surface area contributed by atoms with E-state index in [0.29, 0.717) is 0 Å². The Hall–Kier alpha value is -1.66. The maximum atomic E-state index is 13.9. The van der Waals surface area contributed by atoms with Gasteiger partial charge in [0.05, 0.1) is 0 Å². The number of halogens is 1. The van der Waals surface area contributed by atoms with Crippen molar-refractivity contribution in [1.29, 1.82) is 0 Å². The molecule has 29 heavy (non-hydrogen) atoms. The van der Waals surface area contributed by atoms with E-state index in [1.165, 1.54) is 10.5 Å². The summed E-state index contributed by atoms with van der Waals surface area (Å²) in [4.78, 5) is 29.4. The van der Waals surface area contributed by atoms with Crippen molar-refractivity contribution >= 4 is 39.2 Å². The molecule has 4 rings (SSSR count). The predicted molar refractivity (Wildman–Crippen MR) is 121 cm³/mol. The summed E-state index contributed by atoms with van der Waals surface area (Å²) in [5, 5.41) is 5.27. The molecular weight excluding hydrogens is 448 g/mol. The molecule has 1 saturated heterocycles. The molecule has 0 saturated carbocycles. The lowest BCUT2D eigenvalue weighted by Crippen LogP contribution is -2.55. The maximum Gasteiger partial charge on any atom is 0.325 e. The van der Waals surface area contributed by atoms with E-state index in [0.717, 1.165) is 46.2 Å². The summed E-state index contributed by atoms with van der Waals surface area (Å²) in [6.07, 6.45) is 3.53. The standard InChI is InChI=1S/C23H27BrN2O2S/c1-5-9-22(6-2)12-16-8-7-15(19-11-17(24)13-29-19)10-18(16)23(22)20(27)26(14(3)4)21(28)25-23/h7-8,10-11,13-14H,5-6,9,12H2,1-4H3,(H,25,28). The highest BCUT2D eigenvalue weighted by Crippen LogP contribution is 2.58. The number of imide groups is 1. The molecule has 2 atom stereocenters. The Morgan fingerprint density at radius 1 is 1.24 bits per heavy atom. The van der Waals surface area contributed by atoms with Crippen LogP contribution < -0.4 is 5.32 Å². The molecule has 0 radical (unpaired) electrons. The molecule has 2 unspecified atom stereocenters. The van der Waals surface area contributed by atoms with Gasteiger partial charge in [-0.05, 0) is 77.9 Å². The van der Waals surface area contributed by atoms with Crippen molar-refractivity contribution in [3.8, 4) is 10.4 Å². The van der Waals surface area contributed by atoms with Crippen LogP contribution in [0.1, 0.15) is 58.1 Å². The van der Waals surface area contributed by atoms with Gasteiger partial charge < -0.3 is 5.32 Å². The van der Waals surface area contributed by atoms with Crippen LogP contribution in [0.15, 0.2) is 34.1 Å². The molecule has 3 amide bonds. The average molecular weight is 475 g/mol. The van der Waals surface area contributed by atoms with E-state index < -0.39 is 5.54 Å². The number of nitrogens with zero attached hydrogens (tertiary/aromatic N) is 1. The fraction of sp³-hybridized carbons (Fsp3) is 0.478. The second-order valence-corrected chi connectivity index (χ2v) is 10.3. The second-order valence-electron chi connectivity index (χ2n) is 8.51. The average Bonchev–Trinajstić information content (AvgIpc) is 3.30. The summed E-state index contributed by atoms with van der Waals surface area (Å²) in [6, 6.07) is 8.11. The third-order valence-corrected chi connectivity index (χ3v) is 8.40. The van der Waals surface area contributed by atoms with E-state index in [1.54, 1.807) is 11.3 Å². The fourth-order valence-electron chi connectivity index (χ4n) is 5.36. The van der Waals surface area contributed by atoms with E-state index >= 15 is 0 Å². The summed E-state index contributed by atoms with van der Waals surface area (Å²) in [5.41, 5.74) is 1.98. The van der Waals surface area contributed by atoms with Crippen LogP contribution in [0, 0.1) is 5.41 Å². The molecule has 1 N–H and O–H groups in total. The number of amides is 3. The fourth-order valence-corrected chi connectivity index (χ4v) is 6.79. The minimum absolute atomic E-state index is 0.0870. The summed E-state index contributed by atoms with van der Waals surface area (Å²) in [6.45, 7) is 8.11. The smallest absolute Gasteiger partial charge is 0.319 e. The summed E-state index contributed by atoms with van der Waals surface area (Å²) < 4.78 is 1.05. The zero-order chi connectivity index (χ0) is 21.0. The molecule has 1 spiro atoms. The molecule has 1 aromatic heterocycles. The van der Waals surface area contributed by atoms with E-state index in [2.05, 4.69) is 64.7 Å². The quantitative estimate of drug-likeness (QED) is 0.533. The SMILES string of the molecule is CCCC1(CC)Cc2ccc(-c3cc(Br)cs3)cc2C12NC(=O)N(C(C)C)C2=O. The normalized spacial score (nSPS) is 25.9. The number of hydrogen-bond donors (Lipinski definition) is 1. The Labute approximate surface area is 184 Å². The van der Waals surface area contributed by atoms with Crippen LogP contribution in [0.3, 0.4) is 0 Å². The molecule has 1 aromatic carbocycles. The topological polar surface area (TPSA) is 49.4 Å². The van der Waals surface area contributed by atoms with Crippen LogP contribution >= 0.6 is 27.3 Å². The van der Waals surface area contributed by atoms with Gasteiger partial charge in [0, 0.05) is 26.2 Å². The lowest BCUT2D eigenvalue weighted by Gasteiger charge is -2.42. The first-order chi connectivity index (χ1) is 13.8. The molecule has 2 heterocycles. The van der Waals surface area contributed by atoms with Crippen LogP contribution in [0.2, 0.25) is 0 Å². The van der Waals surface area contributed by atoms with Gasteiger partial charge in [-0.2, -0.15) is 0 Å². The van der Waals surface area contributed by atoms with Gasteiger partial charge in [0.15, 0.2) is 5.54 Å². The molecule has 2 aromatic rings. The molecule has 2 aliphatic rings. The Morgan fingerprint density at radius 2 is 2.00 bits per heavy atom. The highest BCUT2D eigenvalue weighted by atomic mass is 79.9. The Balaban J connectivity index is 1.94. The lowest BCUT2D eigenvalue weighted by atomic mass is 9.65. The predicted octanol–water partition coefficient (Wildman–Crippen LogP) is 6.09. The first kappa shape index (κ1) is 20.6. The van der Waals surface area contributed by atoms with Crippen LogP contribution in [0.25, 0.3) is 10.4 Å². The number of benzene rings is 1. The van der Waals surface area contributed by atoms with Crippen molar-refractivity contribution in [2.24, 2.45) is 5.41 Å². The highest BCUT2D eigenvalue weighted by molar-refractivity contribution is 9.10. The molecule has 1 aliphatic heterocycles. The van der Waals surface area contributed by atoms with Crippen LogP contribution in [-0.2, 0) is 16.8 Å². The monoisotopic (exact) mass is 474 g/mol. The van der Waals surface area contributed by atoms with Gasteiger partial charge in [-0.15, -0.1) is 11.3 Å². The highest BCUT2D eigenvalue weighted by Gasteiger charge is 2.67. The Morgan fingerprint density at radius 3 is 2.55 bits per heavy atom. The van der Waals surface area contributed by atoms with Crippen molar-refractivity contribution in [3.63, 3.8) is 0 Å². The van der Waals surface area contributed by atoms with Crippen molar-refractivity contribution < 1.29 is 9.59 Å².